The lowest BCUT2D eigenvalue weighted by Crippen LogP contribution is -2.38. The Labute approximate surface area is 76.2 Å². The molecule has 1 amide bonds. The van der Waals surface area contributed by atoms with Gasteiger partial charge >= 0.3 is 0 Å². The quantitative estimate of drug-likeness (QED) is 0.599. The van der Waals surface area contributed by atoms with Crippen molar-refractivity contribution in [3.05, 3.63) is 29.8 Å². The van der Waals surface area contributed by atoms with Gasteiger partial charge in [0.1, 0.15) is 5.75 Å². The Balaban J connectivity index is 2.64. The number of amides is 1. The molecule has 5 N–H and O–H groups in total. The summed E-state index contributed by atoms with van der Waals surface area (Å²) in [5, 5.41) is 8.98. The maximum Gasteiger partial charge on any atom is 0.234 e. The fourth-order valence-corrected chi connectivity index (χ4v) is 0.987. The van der Waals surface area contributed by atoms with Crippen LogP contribution >= 0.6 is 0 Å². The number of hydrogen-bond donors (Lipinski definition) is 3. The number of primary amides is 1. The zero-order valence-electron chi connectivity index (χ0n) is 7.10. The Morgan fingerprint density at radius 3 is 2.38 bits per heavy atom. The maximum atomic E-state index is 10.6. The van der Waals surface area contributed by atoms with Crippen LogP contribution in [0.4, 0.5) is 0 Å². The topological polar surface area (TPSA) is 89.3 Å². The van der Waals surface area contributed by atoms with Crippen molar-refractivity contribution in [3.63, 3.8) is 0 Å². The molecule has 0 fully saturated rings. The van der Waals surface area contributed by atoms with Crippen molar-refractivity contribution in [1.29, 1.82) is 0 Å². The molecule has 1 aromatic rings. The van der Waals surface area contributed by atoms with Gasteiger partial charge in [-0.05, 0) is 24.1 Å². The molecular formula is C9H12N2O2. The zero-order valence-corrected chi connectivity index (χ0v) is 7.10. The number of phenols is 1. The van der Waals surface area contributed by atoms with Crippen molar-refractivity contribution in [2.45, 2.75) is 12.5 Å². The van der Waals surface area contributed by atoms with Gasteiger partial charge in [-0.1, -0.05) is 12.1 Å². The third-order valence-electron chi connectivity index (χ3n) is 1.76. The summed E-state index contributed by atoms with van der Waals surface area (Å²) in [7, 11) is 0. The van der Waals surface area contributed by atoms with Crippen molar-refractivity contribution in [2.75, 3.05) is 0 Å². The van der Waals surface area contributed by atoms with E-state index in [1.54, 1.807) is 24.3 Å². The highest BCUT2D eigenvalue weighted by Crippen LogP contribution is 2.10. The molecular weight excluding hydrogens is 168 g/mol. The molecule has 0 aromatic heterocycles. The predicted octanol–water partition coefficient (Wildman–Crippen LogP) is -0.253. The van der Waals surface area contributed by atoms with Gasteiger partial charge < -0.3 is 16.6 Å². The summed E-state index contributed by atoms with van der Waals surface area (Å²) >= 11 is 0. The smallest absolute Gasteiger partial charge is 0.234 e. The van der Waals surface area contributed by atoms with Crippen molar-refractivity contribution < 1.29 is 9.90 Å². The lowest BCUT2D eigenvalue weighted by molar-refractivity contribution is -0.119. The molecule has 0 saturated heterocycles. The summed E-state index contributed by atoms with van der Waals surface area (Å²) in [6.07, 6.45) is 0.398. The van der Waals surface area contributed by atoms with Crippen LogP contribution in [0.2, 0.25) is 0 Å². The van der Waals surface area contributed by atoms with Gasteiger partial charge in [0.15, 0.2) is 0 Å². The molecule has 0 bridgehead atoms. The van der Waals surface area contributed by atoms with Gasteiger partial charge in [0.25, 0.3) is 0 Å². The number of carbonyl (C=O) groups is 1. The number of carbonyl (C=O) groups excluding carboxylic acids is 1. The molecule has 1 aromatic carbocycles. The van der Waals surface area contributed by atoms with Crippen molar-refractivity contribution in [3.8, 4) is 5.75 Å². The second-order valence-corrected chi connectivity index (χ2v) is 2.88. The summed E-state index contributed by atoms with van der Waals surface area (Å²) in [6, 6.07) is 5.84. The van der Waals surface area contributed by atoms with Crippen LogP contribution in [0.3, 0.4) is 0 Å². The summed E-state index contributed by atoms with van der Waals surface area (Å²) in [4.78, 5) is 10.6. The largest absolute Gasteiger partial charge is 0.508 e. The first-order valence-corrected chi connectivity index (χ1v) is 3.92. The SMILES string of the molecule is NC(=O)[C@H](N)Cc1ccc(O)cc1. The molecule has 0 unspecified atom stereocenters. The van der Waals surface area contributed by atoms with E-state index in [0.29, 0.717) is 6.42 Å². The van der Waals surface area contributed by atoms with Gasteiger partial charge in [-0.3, -0.25) is 4.79 Å². The average Bonchev–Trinajstić information content (AvgIpc) is 2.08. The minimum absolute atomic E-state index is 0.191. The second kappa shape index (κ2) is 3.91. The first-order valence-electron chi connectivity index (χ1n) is 3.92. The predicted molar refractivity (Wildman–Crippen MR) is 49.0 cm³/mol. The Morgan fingerprint density at radius 2 is 1.92 bits per heavy atom. The molecule has 13 heavy (non-hydrogen) atoms. The number of benzene rings is 1. The van der Waals surface area contributed by atoms with Gasteiger partial charge in [0, 0.05) is 0 Å². The monoisotopic (exact) mass is 180 g/mol. The van der Waals surface area contributed by atoms with E-state index in [1.807, 2.05) is 0 Å². The lowest BCUT2D eigenvalue weighted by atomic mass is 10.1. The number of nitrogens with two attached hydrogens (primary N) is 2. The highest BCUT2D eigenvalue weighted by atomic mass is 16.3. The minimum Gasteiger partial charge on any atom is -0.508 e. The molecule has 0 aliphatic rings. The number of rotatable bonds is 3. The second-order valence-electron chi connectivity index (χ2n) is 2.88. The van der Waals surface area contributed by atoms with Crippen LogP contribution in [0.15, 0.2) is 24.3 Å². The molecule has 4 heteroatoms. The minimum atomic E-state index is -0.662. The average molecular weight is 180 g/mol. The van der Waals surface area contributed by atoms with Crippen LogP contribution in [-0.2, 0) is 11.2 Å². The molecule has 70 valence electrons. The van der Waals surface area contributed by atoms with Crippen LogP contribution in [0.25, 0.3) is 0 Å². The van der Waals surface area contributed by atoms with Crippen molar-refractivity contribution in [1.82, 2.24) is 0 Å². The Hall–Kier alpha value is -1.55. The summed E-state index contributed by atoms with van der Waals surface area (Å²) in [5.74, 6) is -0.329. The summed E-state index contributed by atoms with van der Waals surface area (Å²) in [5.41, 5.74) is 11.3. The molecule has 0 spiro atoms. The summed E-state index contributed by atoms with van der Waals surface area (Å²) < 4.78 is 0. The van der Waals surface area contributed by atoms with Crippen molar-refractivity contribution >= 4 is 5.91 Å². The van der Waals surface area contributed by atoms with E-state index in [9.17, 15) is 4.79 Å². The molecule has 0 radical (unpaired) electrons. The van der Waals surface area contributed by atoms with Crippen LogP contribution in [-0.4, -0.2) is 17.1 Å². The lowest BCUT2D eigenvalue weighted by Gasteiger charge is -2.06. The van der Waals surface area contributed by atoms with Crippen LogP contribution in [0.1, 0.15) is 5.56 Å². The standard InChI is InChI=1S/C9H12N2O2/c10-8(9(11)13)5-6-1-3-7(12)4-2-6/h1-4,8,12H,5,10H2,(H2,11,13)/t8-/m1/s1. The number of phenolic OH excluding ortho intramolecular Hbond substituents is 1. The third-order valence-corrected chi connectivity index (χ3v) is 1.76. The van der Waals surface area contributed by atoms with E-state index in [1.165, 1.54) is 0 Å². The fourth-order valence-electron chi connectivity index (χ4n) is 0.987. The molecule has 4 nitrogen and oxygen atoms in total. The molecule has 1 atom stereocenters. The van der Waals surface area contributed by atoms with Gasteiger partial charge in [0.05, 0.1) is 6.04 Å². The zero-order chi connectivity index (χ0) is 9.84. The van der Waals surface area contributed by atoms with E-state index in [2.05, 4.69) is 0 Å². The molecule has 0 aliphatic carbocycles. The summed E-state index contributed by atoms with van der Waals surface area (Å²) in [6.45, 7) is 0. The first-order chi connectivity index (χ1) is 6.09. The Morgan fingerprint density at radius 1 is 1.38 bits per heavy atom. The highest BCUT2D eigenvalue weighted by molar-refractivity contribution is 5.79. The highest BCUT2D eigenvalue weighted by Gasteiger charge is 2.09. The third kappa shape index (κ3) is 2.76. The Kier molecular flexibility index (Phi) is 2.87. The maximum absolute atomic E-state index is 10.6. The van der Waals surface area contributed by atoms with Crippen LogP contribution < -0.4 is 11.5 Å². The molecule has 0 aliphatic heterocycles. The van der Waals surface area contributed by atoms with Gasteiger partial charge in [0.2, 0.25) is 5.91 Å². The fraction of sp³-hybridized carbons (Fsp3) is 0.222. The van der Waals surface area contributed by atoms with E-state index < -0.39 is 11.9 Å². The number of hydrogen-bond acceptors (Lipinski definition) is 3. The van der Waals surface area contributed by atoms with E-state index >= 15 is 0 Å². The van der Waals surface area contributed by atoms with Crippen LogP contribution in [0, 0.1) is 0 Å². The number of aromatic hydroxyl groups is 1. The normalized spacial score (nSPS) is 12.4. The van der Waals surface area contributed by atoms with Gasteiger partial charge in [-0.2, -0.15) is 0 Å². The molecule has 1 rings (SSSR count). The van der Waals surface area contributed by atoms with Crippen LogP contribution in [0.5, 0.6) is 5.75 Å². The van der Waals surface area contributed by atoms with E-state index in [-0.39, 0.29) is 5.75 Å². The van der Waals surface area contributed by atoms with Crippen molar-refractivity contribution in [2.24, 2.45) is 11.5 Å². The molecule has 0 saturated carbocycles. The molecule has 0 heterocycles. The first kappa shape index (κ1) is 9.54. The van der Waals surface area contributed by atoms with E-state index in [0.717, 1.165) is 5.56 Å². The Bertz CT molecular complexity index is 295. The van der Waals surface area contributed by atoms with Gasteiger partial charge in [-0.15, -0.1) is 0 Å². The van der Waals surface area contributed by atoms with E-state index in [4.69, 9.17) is 16.6 Å². The van der Waals surface area contributed by atoms with Gasteiger partial charge in [-0.25, -0.2) is 0 Å².